The normalized spacial score (nSPS) is 21.8. The number of esters is 1. The van der Waals surface area contributed by atoms with E-state index in [1.165, 1.54) is 43.3 Å². The molecule has 1 aliphatic rings. The number of β-lactam (4-membered cyclic amide) rings is 1. The average Bonchev–Trinajstić information content (AvgIpc) is 2.45. The summed E-state index contributed by atoms with van der Waals surface area (Å²) in [6.07, 6.45) is -5.16. The topological polar surface area (TPSA) is 55.8 Å². The predicted octanol–water partition coefficient (Wildman–Crippen LogP) is 1.47. The number of halogens is 3. The summed E-state index contributed by atoms with van der Waals surface area (Å²) in [5.74, 6) is -2.62. The van der Waals surface area contributed by atoms with Crippen LogP contribution in [-0.2, 0) is 19.9 Å². The molecule has 1 aromatic rings. The number of nitrogens with zero attached hydrogens (tertiary/aromatic N) is 1. The third-order valence-corrected chi connectivity index (χ3v) is 3.21. The summed E-state index contributed by atoms with van der Waals surface area (Å²) in [7, 11) is 2.84. The van der Waals surface area contributed by atoms with Crippen LogP contribution in [0.5, 0.6) is 5.75 Å². The quantitative estimate of drug-likeness (QED) is 0.627. The van der Waals surface area contributed by atoms with Crippen LogP contribution in [0.3, 0.4) is 0 Å². The van der Waals surface area contributed by atoms with Gasteiger partial charge in [0.1, 0.15) is 5.75 Å². The van der Waals surface area contributed by atoms with Gasteiger partial charge in [0.15, 0.2) is 0 Å². The first-order chi connectivity index (χ1) is 9.70. The number of likely N-dealkylation sites (tertiary alicyclic amines) is 1. The van der Waals surface area contributed by atoms with E-state index in [9.17, 15) is 22.8 Å². The molecule has 1 saturated heterocycles. The van der Waals surface area contributed by atoms with Crippen molar-refractivity contribution in [3.8, 4) is 5.75 Å². The number of ether oxygens (including phenoxy) is 2. The number of carbonyl (C=O) groups excluding carboxylic acids is 2. The smallest absolute Gasteiger partial charge is 0.490 e. The summed E-state index contributed by atoms with van der Waals surface area (Å²) in [6, 6.07) is 5.75. The van der Waals surface area contributed by atoms with Gasteiger partial charge >= 0.3 is 12.1 Å². The van der Waals surface area contributed by atoms with E-state index < -0.39 is 23.7 Å². The highest BCUT2D eigenvalue weighted by molar-refractivity contribution is 5.95. The summed E-state index contributed by atoms with van der Waals surface area (Å²) in [5, 5.41) is 0. The predicted molar refractivity (Wildman–Crippen MR) is 64.5 cm³/mol. The molecule has 1 atom stereocenters. The zero-order valence-electron chi connectivity index (χ0n) is 11.2. The van der Waals surface area contributed by atoms with Crippen LogP contribution >= 0.6 is 0 Å². The van der Waals surface area contributed by atoms with Crippen LogP contribution in [0.25, 0.3) is 0 Å². The number of amides is 1. The Hall–Kier alpha value is -2.25. The average molecular weight is 303 g/mol. The van der Waals surface area contributed by atoms with Crippen molar-refractivity contribution < 1.29 is 32.2 Å². The number of carbonyl (C=O) groups is 2. The maximum absolute atomic E-state index is 12.4. The van der Waals surface area contributed by atoms with Gasteiger partial charge in [0, 0.05) is 12.6 Å². The molecule has 2 rings (SSSR count). The molecule has 8 heteroatoms. The third kappa shape index (κ3) is 2.53. The van der Waals surface area contributed by atoms with Crippen molar-refractivity contribution in [1.82, 2.24) is 4.90 Å². The highest BCUT2D eigenvalue weighted by atomic mass is 19.4. The van der Waals surface area contributed by atoms with Gasteiger partial charge in [-0.25, -0.2) is 4.79 Å². The highest BCUT2D eigenvalue weighted by Gasteiger charge is 2.58. The number of alkyl halides is 3. The molecule has 1 aliphatic heterocycles. The second-order valence-corrected chi connectivity index (χ2v) is 4.60. The molecule has 0 aliphatic carbocycles. The molecule has 21 heavy (non-hydrogen) atoms. The lowest BCUT2D eigenvalue weighted by molar-refractivity contribution is -0.227. The van der Waals surface area contributed by atoms with Gasteiger partial charge in [-0.05, 0) is 12.1 Å². The Bertz CT molecular complexity index is 570. The molecule has 0 bridgehead atoms. The molecule has 0 N–H and O–H groups in total. The fourth-order valence-corrected chi connectivity index (χ4v) is 2.12. The van der Waals surface area contributed by atoms with Gasteiger partial charge < -0.3 is 14.4 Å². The highest BCUT2D eigenvalue weighted by Crippen LogP contribution is 2.38. The second-order valence-electron chi connectivity index (χ2n) is 4.60. The summed E-state index contributed by atoms with van der Waals surface area (Å²) < 4.78 is 46.6. The van der Waals surface area contributed by atoms with Crippen molar-refractivity contribution in [3.63, 3.8) is 0 Å². The first kappa shape index (κ1) is 15.1. The lowest BCUT2D eigenvalue weighted by Crippen LogP contribution is -2.65. The van der Waals surface area contributed by atoms with E-state index in [1.807, 2.05) is 0 Å². The molecule has 0 spiro atoms. The molecular formula is C13H12F3NO4. The number of rotatable bonds is 3. The molecule has 1 heterocycles. The number of methoxy groups -OCH3 is 1. The Morgan fingerprint density at radius 1 is 1.29 bits per heavy atom. The molecule has 114 valence electrons. The van der Waals surface area contributed by atoms with Gasteiger partial charge in [0.25, 0.3) is 5.91 Å². The zero-order valence-corrected chi connectivity index (χ0v) is 11.2. The first-order valence-electron chi connectivity index (χ1n) is 5.91. The maximum Gasteiger partial charge on any atom is 0.490 e. The minimum atomic E-state index is -5.16. The van der Waals surface area contributed by atoms with Crippen molar-refractivity contribution in [2.24, 2.45) is 0 Å². The fourth-order valence-electron chi connectivity index (χ4n) is 2.12. The Morgan fingerprint density at radius 3 is 2.24 bits per heavy atom. The largest absolute Gasteiger partial charge is 0.497 e. The molecule has 0 radical (unpaired) electrons. The van der Waals surface area contributed by atoms with Crippen molar-refractivity contribution in [2.75, 3.05) is 20.7 Å². The van der Waals surface area contributed by atoms with Crippen LogP contribution in [-0.4, -0.2) is 43.7 Å². The molecule has 0 saturated carbocycles. The summed E-state index contributed by atoms with van der Waals surface area (Å²) in [4.78, 5) is 24.2. The van der Waals surface area contributed by atoms with Crippen molar-refractivity contribution in [2.45, 2.75) is 11.8 Å². The molecule has 5 nitrogen and oxygen atoms in total. The van der Waals surface area contributed by atoms with E-state index in [2.05, 4.69) is 4.74 Å². The number of benzene rings is 1. The van der Waals surface area contributed by atoms with Gasteiger partial charge in [0.05, 0.1) is 13.7 Å². The second kappa shape index (κ2) is 4.94. The molecule has 1 aromatic carbocycles. The van der Waals surface area contributed by atoms with Gasteiger partial charge in [-0.3, -0.25) is 4.79 Å². The SMILES string of the molecule is COc1ccc(C2(OC(=O)C(F)(F)F)CN(C)C2=O)cc1. The van der Waals surface area contributed by atoms with Crippen molar-refractivity contribution >= 4 is 11.9 Å². The summed E-state index contributed by atoms with van der Waals surface area (Å²) in [5.41, 5.74) is -1.75. The van der Waals surface area contributed by atoms with Gasteiger partial charge in [-0.2, -0.15) is 13.2 Å². The Morgan fingerprint density at radius 2 is 1.86 bits per heavy atom. The van der Waals surface area contributed by atoms with Crippen molar-refractivity contribution in [3.05, 3.63) is 29.8 Å². The lowest BCUT2D eigenvalue weighted by atomic mass is 9.85. The van der Waals surface area contributed by atoms with E-state index in [-0.39, 0.29) is 12.1 Å². The lowest BCUT2D eigenvalue weighted by Gasteiger charge is -2.46. The van der Waals surface area contributed by atoms with E-state index in [4.69, 9.17) is 4.74 Å². The Balaban J connectivity index is 2.34. The van der Waals surface area contributed by atoms with Gasteiger partial charge in [-0.15, -0.1) is 0 Å². The van der Waals surface area contributed by atoms with Gasteiger partial charge in [0.2, 0.25) is 5.60 Å². The number of hydrogen-bond acceptors (Lipinski definition) is 4. The minimum absolute atomic E-state index is 0.139. The monoisotopic (exact) mass is 303 g/mol. The molecule has 1 unspecified atom stereocenters. The minimum Gasteiger partial charge on any atom is -0.497 e. The molecule has 1 amide bonds. The van der Waals surface area contributed by atoms with Crippen LogP contribution in [0.1, 0.15) is 5.56 Å². The van der Waals surface area contributed by atoms with Crippen LogP contribution in [0, 0.1) is 0 Å². The standard InChI is InChI=1S/C13H12F3NO4/c1-17-7-12(10(17)18,21-11(19)13(14,15)16)8-3-5-9(20-2)6-4-8/h3-6H,7H2,1-2H3. The molecule has 1 fully saturated rings. The number of likely N-dealkylation sites (N-methyl/N-ethyl adjacent to an activating group) is 1. The maximum atomic E-state index is 12.4. The molecular weight excluding hydrogens is 291 g/mol. The zero-order chi connectivity index (χ0) is 15.8. The summed E-state index contributed by atoms with van der Waals surface area (Å²) in [6.45, 7) is -0.139. The van der Waals surface area contributed by atoms with Crippen LogP contribution < -0.4 is 4.74 Å². The van der Waals surface area contributed by atoms with Gasteiger partial charge in [-0.1, -0.05) is 12.1 Å². The number of hydrogen-bond donors (Lipinski definition) is 0. The first-order valence-corrected chi connectivity index (χ1v) is 5.91. The van der Waals surface area contributed by atoms with Crippen molar-refractivity contribution in [1.29, 1.82) is 0 Å². The Labute approximate surface area is 118 Å². The van der Waals surface area contributed by atoms with E-state index in [1.54, 1.807) is 0 Å². The molecule has 0 aromatic heterocycles. The van der Waals surface area contributed by atoms with Crippen LogP contribution in [0.4, 0.5) is 13.2 Å². The van der Waals surface area contributed by atoms with E-state index in [0.717, 1.165) is 0 Å². The van der Waals surface area contributed by atoms with E-state index >= 15 is 0 Å². The Kier molecular flexibility index (Phi) is 3.56. The summed E-state index contributed by atoms with van der Waals surface area (Å²) >= 11 is 0. The van der Waals surface area contributed by atoms with E-state index in [0.29, 0.717) is 5.75 Å². The fraction of sp³-hybridized carbons (Fsp3) is 0.385. The third-order valence-electron chi connectivity index (χ3n) is 3.21. The van der Waals surface area contributed by atoms with Crippen LogP contribution in [0.2, 0.25) is 0 Å². The van der Waals surface area contributed by atoms with Crippen LogP contribution in [0.15, 0.2) is 24.3 Å².